The third-order valence-corrected chi connectivity index (χ3v) is 5.02. The van der Waals surface area contributed by atoms with Gasteiger partial charge in [0.25, 0.3) is 5.91 Å². The van der Waals surface area contributed by atoms with E-state index in [2.05, 4.69) is 26.3 Å². The number of rotatable bonds is 3. The van der Waals surface area contributed by atoms with Crippen LogP contribution in [0.4, 0.5) is 10.5 Å². The van der Waals surface area contributed by atoms with Crippen molar-refractivity contribution in [3.63, 3.8) is 0 Å². The topological polar surface area (TPSA) is 93.9 Å². The highest BCUT2D eigenvalue weighted by Crippen LogP contribution is 2.33. The number of nitrogens with one attached hydrogen (secondary N) is 3. The first-order valence-corrected chi connectivity index (χ1v) is 8.93. The Kier molecular flexibility index (Phi) is 3.55. The summed E-state index contributed by atoms with van der Waals surface area (Å²) in [6, 6.07) is 14.1. The van der Waals surface area contributed by atoms with Crippen molar-refractivity contribution in [3.8, 4) is 11.1 Å². The zero-order chi connectivity index (χ0) is 19.3. The molecule has 1 saturated heterocycles. The Morgan fingerprint density at radius 2 is 1.79 bits per heavy atom. The quantitative estimate of drug-likeness (QED) is 0.480. The smallest absolute Gasteiger partial charge is 0.329 e. The van der Waals surface area contributed by atoms with Gasteiger partial charge in [0, 0.05) is 17.6 Å². The molecule has 2 aromatic carbocycles. The van der Waals surface area contributed by atoms with Gasteiger partial charge in [0.05, 0.1) is 17.4 Å². The lowest BCUT2D eigenvalue weighted by molar-refractivity contribution is -0.119. The van der Waals surface area contributed by atoms with E-state index >= 15 is 0 Å². The summed E-state index contributed by atoms with van der Waals surface area (Å²) in [5, 5.41) is 2.42. The third-order valence-electron chi connectivity index (χ3n) is 5.02. The molecule has 1 fully saturated rings. The van der Waals surface area contributed by atoms with Gasteiger partial charge in [-0.2, -0.15) is 0 Å². The van der Waals surface area contributed by atoms with E-state index in [4.69, 9.17) is 0 Å². The van der Waals surface area contributed by atoms with Gasteiger partial charge in [-0.1, -0.05) is 24.3 Å². The maximum absolute atomic E-state index is 12.5. The highest BCUT2D eigenvalue weighted by Gasteiger charge is 2.40. The number of imide groups is 1. The molecule has 0 bridgehead atoms. The number of urea groups is 1. The molecule has 3 heterocycles. The molecule has 28 heavy (non-hydrogen) atoms. The lowest BCUT2D eigenvalue weighted by Crippen LogP contribution is -2.29. The monoisotopic (exact) mass is 371 g/mol. The van der Waals surface area contributed by atoms with Crippen LogP contribution in [-0.4, -0.2) is 26.9 Å². The highest BCUT2D eigenvalue weighted by molar-refractivity contribution is 6.15. The number of carbonyl (C=O) groups excluding carboxylic acids is 2. The molecular formula is C21H17N5O2. The number of hydrogen-bond donors (Lipinski definition) is 3. The second-order valence-electron chi connectivity index (χ2n) is 6.86. The first kappa shape index (κ1) is 16.3. The summed E-state index contributed by atoms with van der Waals surface area (Å²) < 4.78 is 0. The molecule has 2 aromatic heterocycles. The van der Waals surface area contributed by atoms with Gasteiger partial charge in [-0.15, -0.1) is 0 Å². The van der Waals surface area contributed by atoms with E-state index in [1.807, 2.05) is 49.5 Å². The molecule has 1 aliphatic heterocycles. The lowest BCUT2D eigenvalue weighted by atomic mass is 10.0. The van der Waals surface area contributed by atoms with E-state index in [0.29, 0.717) is 5.69 Å². The summed E-state index contributed by atoms with van der Waals surface area (Å²) >= 11 is 0. The molecule has 1 atom stereocenters. The molecule has 0 saturated carbocycles. The zero-order valence-electron chi connectivity index (χ0n) is 15.1. The van der Waals surface area contributed by atoms with Gasteiger partial charge < -0.3 is 9.97 Å². The molecule has 4 aromatic rings. The fourth-order valence-corrected chi connectivity index (χ4v) is 3.64. The second kappa shape index (κ2) is 6.09. The van der Waals surface area contributed by atoms with Crippen LogP contribution in [0.2, 0.25) is 0 Å². The van der Waals surface area contributed by atoms with E-state index < -0.39 is 12.1 Å². The van der Waals surface area contributed by atoms with Crippen molar-refractivity contribution in [2.45, 2.75) is 13.0 Å². The van der Waals surface area contributed by atoms with Crippen molar-refractivity contribution in [1.29, 1.82) is 0 Å². The predicted molar refractivity (Wildman–Crippen MR) is 106 cm³/mol. The average molecular weight is 371 g/mol. The number of nitrogens with zero attached hydrogens (tertiary/aromatic N) is 2. The van der Waals surface area contributed by atoms with Crippen LogP contribution in [0.15, 0.2) is 61.1 Å². The fraction of sp³-hybridized carbons (Fsp3) is 0.0952. The average Bonchev–Trinajstić information content (AvgIpc) is 3.40. The Morgan fingerprint density at radius 1 is 0.964 bits per heavy atom. The van der Waals surface area contributed by atoms with E-state index in [0.717, 1.165) is 33.4 Å². The maximum Gasteiger partial charge on any atom is 0.329 e. The largest absolute Gasteiger partial charge is 0.365 e. The summed E-state index contributed by atoms with van der Waals surface area (Å²) in [6.45, 7) is 2.00. The van der Waals surface area contributed by atoms with Gasteiger partial charge in [0.2, 0.25) is 0 Å². The van der Waals surface area contributed by atoms with Crippen LogP contribution < -0.4 is 10.2 Å². The van der Waals surface area contributed by atoms with Gasteiger partial charge in [-0.05, 0) is 47.9 Å². The molecule has 0 aliphatic carbocycles. The second-order valence-corrected chi connectivity index (χ2v) is 6.86. The van der Waals surface area contributed by atoms with E-state index in [1.54, 1.807) is 12.4 Å². The fourth-order valence-electron chi connectivity index (χ4n) is 3.64. The van der Waals surface area contributed by atoms with Crippen LogP contribution >= 0.6 is 0 Å². The van der Waals surface area contributed by atoms with Crippen LogP contribution in [0, 0.1) is 6.92 Å². The number of aryl methyl sites for hydroxylation is 1. The first-order valence-electron chi connectivity index (χ1n) is 8.93. The SMILES string of the molecule is Cc1cc(-c2ccc(C3C(=O)NC(=O)N3c3ccc4nc[nH]c4c3)cc2)c[nH]1. The zero-order valence-corrected chi connectivity index (χ0v) is 15.1. The standard InChI is InChI=1S/C21H17N5O2/c1-12-8-15(10-22-12)13-2-4-14(5-3-13)19-20(27)25-21(28)26(19)16-6-7-17-18(9-16)24-11-23-17/h2-11,19,22H,1H3,(H,23,24)(H,25,27,28). The summed E-state index contributed by atoms with van der Waals surface area (Å²) in [4.78, 5) is 36.9. The normalized spacial score (nSPS) is 16.8. The van der Waals surface area contributed by atoms with Gasteiger partial charge in [0.1, 0.15) is 6.04 Å². The summed E-state index contributed by atoms with van der Waals surface area (Å²) in [6.07, 6.45) is 3.55. The van der Waals surface area contributed by atoms with Crippen molar-refractivity contribution in [3.05, 3.63) is 72.3 Å². The Balaban J connectivity index is 1.53. The third kappa shape index (κ3) is 2.56. The summed E-state index contributed by atoms with van der Waals surface area (Å²) in [5.74, 6) is -0.333. The lowest BCUT2D eigenvalue weighted by Gasteiger charge is -2.22. The van der Waals surface area contributed by atoms with E-state index in [-0.39, 0.29) is 5.91 Å². The number of hydrogen-bond acceptors (Lipinski definition) is 3. The van der Waals surface area contributed by atoms with Crippen molar-refractivity contribution in [2.75, 3.05) is 4.90 Å². The summed E-state index contributed by atoms with van der Waals surface area (Å²) in [7, 11) is 0. The van der Waals surface area contributed by atoms with E-state index in [9.17, 15) is 9.59 Å². The number of aromatic nitrogens is 3. The van der Waals surface area contributed by atoms with Crippen molar-refractivity contribution >= 4 is 28.7 Å². The predicted octanol–water partition coefficient (Wildman–Crippen LogP) is 3.66. The molecule has 3 N–H and O–H groups in total. The number of amides is 3. The number of carbonyl (C=O) groups is 2. The van der Waals surface area contributed by atoms with Gasteiger partial charge >= 0.3 is 6.03 Å². The number of fused-ring (bicyclic) bond motifs is 1. The summed E-state index contributed by atoms with van der Waals surface area (Å²) in [5.41, 5.74) is 6.21. The molecule has 3 amide bonds. The Labute approximate surface area is 160 Å². The molecule has 1 aliphatic rings. The first-order chi connectivity index (χ1) is 13.6. The van der Waals surface area contributed by atoms with Crippen LogP contribution in [0.3, 0.4) is 0 Å². The van der Waals surface area contributed by atoms with Crippen molar-refractivity contribution in [1.82, 2.24) is 20.3 Å². The van der Waals surface area contributed by atoms with Crippen LogP contribution in [0.5, 0.6) is 0 Å². The number of H-pyrrole nitrogens is 2. The number of benzene rings is 2. The highest BCUT2D eigenvalue weighted by atomic mass is 16.2. The molecule has 5 rings (SSSR count). The minimum absolute atomic E-state index is 0.333. The minimum Gasteiger partial charge on any atom is -0.365 e. The van der Waals surface area contributed by atoms with Crippen LogP contribution in [0.25, 0.3) is 22.2 Å². The molecule has 1 unspecified atom stereocenters. The molecular weight excluding hydrogens is 354 g/mol. The Hall–Kier alpha value is -3.87. The molecule has 7 heteroatoms. The maximum atomic E-state index is 12.5. The number of aromatic amines is 2. The number of imidazole rings is 1. The van der Waals surface area contributed by atoms with E-state index in [1.165, 1.54) is 4.90 Å². The minimum atomic E-state index is -0.713. The molecule has 0 spiro atoms. The van der Waals surface area contributed by atoms with Gasteiger partial charge in [-0.25, -0.2) is 9.78 Å². The Bertz CT molecular complexity index is 1210. The number of anilines is 1. The molecule has 0 radical (unpaired) electrons. The Morgan fingerprint density at radius 3 is 2.54 bits per heavy atom. The van der Waals surface area contributed by atoms with Crippen LogP contribution in [-0.2, 0) is 4.79 Å². The molecule has 138 valence electrons. The van der Waals surface area contributed by atoms with Gasteiger partial charge in [-0.3, -0.25) is 15.0 Å². The van der Waals surface area contributed by atoms with Gasteiger partial charge in [0.15, 0.2) is 0 Å². The van der Waals surface area contributed by atoms with Crippen LogP contribution in [0.1, 0.15) is 17.3 Å². The van der Waals surface area contributed by atoms with Crippen molar-refractivity contribution in [2.24, 2.45) is 0 Å². The van der Waals surface area contributed by atoms with Crippen molar-refractivity contribution < 1.29 is 9.59 Å². The molecule has 7 nitrogen and oxygen atoms in total.